The highest BCUT2D eigenvalue weighted by Gasteiger charge is 2.41. The van der Waals surface area contributed by atoms with Crippen molar-refractivity contribution >= 4 is 40.4 Å². The fourth-order valence-electron chi connectivity index (χ4n) is 3.47. The Morgan fingerprint density at radius 2 is 1.74 bits per heavy atom. The van der Waals surface area contributed by atoms with E-state index in [1.54, 1.807) is 11.5 Å². The molecule has 0 aliphatic carbocycles. The first kappa shape index (κ1) is 28.3. The number of imidazole rings is 1. The standard InChI is InChI=1S/C16H28N5O11P3/c1-9-10(2)15(21-8-19-12-13(20-16(3,4)5)17-7-18-14(12)21)30-11(9)6-29-34(25,26)32-35(27,28)31-33(22,23)24/h7-11,15H,6H2,1-5H3,(H,25,26)(H,27,28)(H,17,18,20)(H2,22,23,24)/p-3/t9-,10?,11-,15-/m1/s1. The van der Waals surface area contributed by atoms with Gasteiger partial charge in [0, 0.05) is 11.5 Å². The normalized spacial score (nSPS) is 28.4. The van der Waals surface area contributed by atoms with E-state index in [4.69, 9.17) is 9.63 Å². The van der Waals surface area contributed by atoms with Gasteiger partial charge in [-0.15, -0.1) is 0 Å². The van der Waals surface area contributed by atoms with E-state index < -0.39 is 42.4 Å². The Kier molecular flexibility index (Phi) is 7.99. The maximum atomic E-state index is 11.9. The van der Waals surface area contributed by atoms with Crippen LogP contribution in [-0.2, 0) is 31.6 Å². The number of phosphoric ester groups is 1. The number of nitrogens with one attached hydrogen (secondary N) is 1. The summed E-state index contributed by atoms with van der Waals surface area (Å²) < 4.78 is 52.9. The molecule has 0 spiro atoms. The molecule has 0 amide bonds. The zero-order valence-electron chi connectivity index (χ0n) is 19.3. The lowest BCUT2D eigenvalue weighted by Gasteiger charge is -2.33. The molecule has 16 nitrogen and oxygen atoms in total. The molecule has 0 radical (unpaired) electrons. The molecule has 35 heavy (non-hydrogen) atoms. The van der Waals surface area contributed by atoms with Crippen molar-refractivity contribution in [2.45, 2.75) is 52.5 Å². The zero-order valence-corrected chi connectivity index (χ0v) is 22.0. The summed E-state index contributed by atoms with van der Waals surface area (Å²) in [5, 5.41) is 3.25. The van der Waals surface area contributed by atoms with Crippen LogP contribution in [-0.4, -0.2) is 42.7 Å². The summed E-state index contributed by atoms with van der Waals surface area (Å²) in [6.45, 7) is 8.88. The van der Waals surface area contributed by atoms with E-state index >= 15 is 0 Å². The van der Waals surface area contributed by atoms with Gasteiger partial charge in [0.05, 0.1) is 19.0 Å². The monoisotopic (exact) mass is 556 g/mol. The Labute approximate surface area is 200 Å². The van der Waals surface area contributed by atoms with Gasteiger partial charge in [0.2, 0.25) is 0 Å². The highest BCUT2D eigenvalue weighted by Crippen LogP contribution is 2.61. The van der Waals surface area contributed by atoms with Crippen molar-refractivity contribution in [3.05, 3.63) is 12.7 Å². The second-order valence-corrected chi connectivity index (χ2v) is 13.3. The molecule has 1 saturated heterocycles. The largest absolute Gasteiger partial charge is 0.756 e. The Hall–Kier alpha value is -1.28. The van der Waals surface area contributed by atoms with E-state index in [1.165, 1.54) is 12.7 Å². The van der Waals surface area contributed by atoms with Crippen molar-refractivity contribution in [1.82, 2.24) is 19.5 Å². The lowest BCUT2D eigenvalue weighted by Crippen LogP contribution is -2.27. The quantitative estimate of drug-likeness (QED) is 0.404. The van der Waals surface area contributed by atoms with Gasteiger partial charge in [-0.1, -0.05) is 13.8 Å². The minimum absolute atomic E-state index is 0.184. The van der Waals surface area contributed by atoms with Crippen LogP contribution in [0.5, 0.6) is 0 Å². The van der Waals surface area contributed by atoms with Crippen LogP contribution in [0.4, 0.5) is 5.82 Å². The van der Waals surface area contributed by atoms with Crippen molar-refractivity contribution in [2.75, 3.05) is 11.9 Å². The third-order valence-electron chi connectivity index (χ3n) is 5.11. The average molecular weight is 556 g/mol. The zero-order chi connectivity index (χ0) is 26.4. The summed E-state index contributed by atoms with van der Waals surface area (Å²) in [4.78, 5) is 55.1. The topological polar surface area (TPSA) is 233 Å². The molecule has 0 saturated carbocycles. The average Bonchev–Trinajstić information content (AvgIpc) is 3.19. The molecule has 0 bridgehead atoms. The summed E-state index contributed by atoms with van der Waals surface area (Å²) in [6.07, 6.45) is 1.44. The van der Waals surface area contributed by atoms with Crippen LogP contribution in [0.1, 0.15) is 40.8 Å². The molecule has 2 aromatic heterocycles. The van der Waals surface area contributed by atoms with Gasteiger partial charge < -0.3 is 34.2 Å². The molecule has 19 heteroatoms. The smallest absolute Gasteiger partial charge is 0.280 e. The van der Waals surface area contributed by atoms with Crippen molar-refractivity contribution in [1.29, 1.82) is 0 Å². The number of phosphoric acid groups is 3. The van der Waals surface area contributed by atoms with Crippen LogP contribution in [0.3, 0.4) is 0 Å². The number of ether oxygens (including phenoxy) is 1. The molecular weight excluding hydrogens is 531 g/mol. The number of aromatic nitrogens is 4. The molecule has 3 rings (SSSR count). The first-order valence-electron chi connectivity index (χ1n) is 10.2. The van der Waals surface area contributed by atoms with Crippen LogP contribution >= 0.6 is 23.5 Å². The molecule has 4 unspecified atom stereocenters. The third-order valence-corrected chi connectivity index (χ3v) is 8.80. The van der Waals surface area contributed by atoms with Gasteiger partial charge in [-0.05, 0) is 26.7 Å². The summed E-state index contributed by atoms with van der Waals surface area (Å²) in [5.41, 5.74) is 0.702. The second kappa shape index (κ2) is 9.88. The van der Waals surface area contributed by atoms with Crippen LogP contribution in [0.15, 0.2) is 12.7 Å². The van der Waals surface area contributed by atoms with E-state index in [1.807, 2.05) is 27.7 Å². The predicted octanol–water partition coefficient (Wildman–Crippen LogP) is 0.654. The molecule has 1 aliphatic heterocycles. The molecule has 0 aromatic carbocycles. The highest BCUT2D eigenvalue weighted by molar-refractivity contribution is 7.65. The van der Waals surface area contributed by atoms with E-state index in [-0.39, 0.29) is 17.4 Å². The first-order chi connectivity index (χ1) is 15.9. The molecule has 1 aliphatic rings. The Balaban J connectivity index is 1.73. The van der Waals surface area contributed by atoms with Crippen molar-refractivity contribution in [2.24, 2.45) is 11.8 Å². The number of hydrogen-bond acceptors (Lipinski definition) is 14. The molecule has 2 aromatic rings. The second-order valence-electron chi connectivity index (χ2n) is 9.03. The van der Waals surface area contributed by atoms with Crippen LogP contribution in [0.25, 0.3) is 11.2 Å². The number of nitrogens with zero attached hydrogens (tertiary/aromatic N) is 4. The van der Waals surface area contributed by atoms with Crippen molar-refractivity contribution in [3.8, 4) is 0 Å². The molecule has 2 N–H and O–H groups in total. The maximum absolute atomic E-state index is 11.9. The fraction of sp³-hybridized carbons (Fsp3) is 0.688. The van der Waals surface area contributed by atoms with E-state index in [0.717, 1.165) is 0 Å². The van der Waals surface area contributed by atoms with Gasteiger partial charge in [0.25, 0.3) is 23.5 Å². The molecule has 3 heterocycles. The maximum Gasteiger partial charge on any atom is 0.280 e. The van der Waals surface area contributed by atoms with Crippen LogP contribution < -0.4 is 20.0 Å². The van der Waals surface area contributed by atoms with E-state index in [9.17, 15) is 28.4 Å². The van der Waals surface area contributed by atoms with Crippen LogP contribution in [0.2, 0.25) is 0 Å². The number of rotatable bonds is 9. The molecule has 198 valence electrons. The Bertz CT molecular complexity index is 1210. The van der Waals surface area contributed by atoms with E-state index in [2.05, 4.69) is 33.4 Å². The number of fused-ring (bicyclic) bond motifs is 1. The van der Waals surface area contributed by atoms with Crippen molar-refractivity contribution < 1.29 is 51.2 Å². The lowest BCUT2D eigenvalue weighted by molar-refractivity contribution is -0.250. The first-order valence-corrected chi connectivity index (χ1v) is 14.6. The predicted molar refractivity (Wildman–Crippen MR) is 114 cm³/mol. The minimum Gasteiger partial charge on any atom is -0.756 e. The van der Waals surface area contributed by atoms with Gasteiger partial charge in [-0.2, -0.15) is 0 Å². The summed E-state index contributed by atoms with van der Waals surface area (Å²) in [5.74, 6) is 0.0664. The summed E-state index contributed by atoms with van der Waals surface area (Å²) in [7, 11) is -17.4. The Morgan fingerprint density at radius 1 is 1.09 bits per heavy atom. The van der Waals surface area contributed by atoms with Crippen molar-refractivity contribution in [3.63, 3.8) is 0 Å². The van der Waals surface area contributed by atoms with E-state index in [0.29, 0.717) is 17.0 Å². The third kappa shape index (κ3) is 7.37. The van der Waals surface area contributed by atoms with Gasteiger partial charge in [0.15, 0.2) is 17.0 Å². The van der Waals surface area contributed by atoms with Crippen LogP contribution in [0, 0.1) is 11.8 Å². The molecule has 1 fully saturated rings. The fourth-order valence-corrected chi connectivity index (χ4v) is 6.37. The lowest BCUT2D eigenvalue weighted by atomic mass is 9.93. The summed E-state index contributed by atoms with van der Waals surface area (Å²) in [6, 6.07) is 0. The van der Waals surface area contributed by atoms with Gasteiger partial charge in [0.1, 0.15) is 12.6 Å². The highest BCUT2D eigenvalue weighted by atomic mass is 31.3. The molecular formula is C16H25N5O11P3-3. The Morgan fingerprint density at radius 3 is 2.34 bits per heavy atom. The van der Waals surface area contributed by atoms with Gasteiger partial charge in [-0.25, -0.2) is 23.6 Å². The van der Waals surface area contributed by atoms with Gasteiger partial charge in [-0.3, -0.25) is 18.3 Å². The number of hydrogen-bond donors (Lipinski definition) is 2. The minimum atomic E-state index is -5.97. The SMILES string of the molecule is CC1[C@@H](C)[C@@H](COP(=O)([O-])OP(=O)([O-])OP(=O)([O-])O)O[C@H]1n1cnc2c(NC(C)(C)C)ncnc21. The van der Waals surface area contributed by atoms with Gasteiger partial charge >= 0.3 is 0 Å². The summed E-state index contributed by atoms with van der Waals surface area (Å²) >= 11 is 0. The number of anilines is 1. The molecule has 7 atom stereocenters.